The smallest absolute Gasteiger partial charge is 0.289 e. The molecule has 1 amide bonds. The zero-order valence-electron chi connectivity index (χ0n) is 15.0. The fraction of sp³-hybridized carbons (Fsp3) is 0.526. The van der Waals surface area contributed by atoms with Gasteiger partial charge in [-0.25, -0.2) is 8.42 Å². The second kappa shape index (κ2) is 6.70. The van der Waals surface area contributed by atoms with Gasteiger partial charge in [-0.15, -0.1) is 0 Å². The highest BCUT2D eigenvalue weighted by Gasteiger charge is 2.32. The van der Waals surface area contributed by atoms with Gasteiger partial charge in [0.15, 0.2) is 15.6 Å². The number of carbonyl (C=O) groups is 1. The third-order valence-electron chi connectivity index (χ3n) is 5.69. The highest BCUT2D eigenvalue weighted by atomic mass is 32.2. The van der Waals surface area contributed by atoms with Gasteiger partial charge in [-0.3, -0.25) is 9.69 Å². The van der Waals surface area contributed by atoms with Crippen molar-refractivity contribution >= 4 is 26.7 Å². The maximum Gasteiger partial charge on any atom is 0.289 e. The highest BCUT2D eigenvalue weighted by molar-refractivity contribution is 7.91. The highest BCUT2D eigenvalue weighted by Crippen LogP contribution is 2.27. The number of sulfone groups is 1. The Morgan fingerprint density at radius 3 is 2.38 bits per heavy atom. The first-order chi connectivity index (χ1) is 12.4. The number of furan rings is 1. The topological polar surface area (TPSA) is 70.8 Å². The van der Waals surface area contributed by atoms with E-state index in [0.29, 0.717) is 38.0 Å². The van der Waals surface area contributed by atoms with E-state index in [4.69, 9.17) is 4.42 Å². The number of aryl methyl sites for hydroxylation is 1. The van der Waals surface area contributed by atoms with Crippen LogP contribution in [0.3, 0.4) is 0 Å². The lowest BCUT2D eigenvalue weighted by Gasteiger charge is -2.39. The molecule has 0 saturated carbocycles. The van der Waals surface area contributed by atoms with Gasteiger partial charge in [0.1, 0.15) is 5.58 Å². The van der Waals surface area contributed by atoms with E-state index in [2.05, 4.69) is 4.90 Å². The molecule has 2 aromatic rings. The molecule has 0 radical (unpaired) electrons. The van der Waals surface area contributed by atoms with Gasteiger partial charge in [-0.2, -0.15) is 0 Å². The molecule has 0 unspecified atom stereocenters. The molecule has 4 rings (SSSR count). The molecule has 0 aliphatic carbocycles. The summed E-state index contributed by atoms with van der Waals surface area (Å²) in [6, 6.07) is 8.08. The van der Waals surface area contributed by atoms with Crippen molar-refractivity contribution in [2.24, 2.45) is 0 Å². The van der Waals surface area contributed by atoms with Crippen molar-refractivity contribution in [1.29, 1.82) is 0 Å². The number of carbonyl (C=O) groups excluding carboxylic acids is 1. The maximum absolute atomic E-state index is 12.9. The predicted molar refractivity (Wildman–Crippen MR) is 100 cm³/mol. The summed E-state index contributed by atoms with van der Waals surface area (Å²) < 4.78 is 29.0. The van der Waals surface area contributed by atoms with E-state index < -0.39 is 9.84 Å². The third kappa shape index (κ3) is 3.25. The van der Waals surface area contributed by atoms with Gasteiger partial charge in [-0.1, -0.05) is 18.2 Å². The Morgan fingerprint density at radius 2 is 1.73 bits per heavy atom. The molecule has 0 bridgehead atoms. The number of amides is 1. The van der Waals surface area contributed by atoms with Crippen LogP contribution in [0.15, 0.2) is 28.7 Å². The zero-order chi connectivity index (χ0) is 18.3. The van der Waals surface area contributed by atoms with Crippen LogP contribution in [0.25, 0.3) is 11.0 Å². The van der Waals surface area contributed by atoms with Crippen LogP contribution in [0.4, 0.5) is 0 Å². The van der Waals surface area contributed by atoms with Gasteiger partial charge >= 0.3 is 0 Å². The summed E-state index contributed by atoms with van der Waals surface area (Å²) in [5.74, 6) is 0.904. The van der Waals surface area contributed by atoms with Crippen LogP contribution in [-0.4, -0.2) is 67.9 Å². The van der Waals surface area contributed by atoms with Crippen molar-refractivity contribution in [3.63, 3.8) is 0 Å². The number of para-hydroxylation sites is 1. The molecule has 7 heteroatoms. The molecular weight excluding hydrogens is 352 g/mol. The van der Waals surface area contributed by atoms with E-state index in [0.717, 1.165) is 29.4 Å². The van der Waals surface area contributed by atoms with Gasteiger partial charge in [0.05, 0.1) is 11.5 Å². The number of hydrogen-bond acceptors (Lipinski definition) is 5. The van der Waals surface area contributed by atoms with Gasteiger partial charge in [0, 0.05) is 43.2 Å². The first kappa shape index (κ1) is 17.5. The standard InChI is InChI=1S/C19H24N2O4S/c1-14-16-4-2-3-5-17(16)25-18(14)19(22)21-8-6-15(7-9-21)20-10-12-26(23,24)13-11-20/h2-5,15H,6-13H2,1H3. The van der Waals surface area contributed by atoms with Crippen LogP contribution in [0.2, 0.25) is 0 Å². The average molecular weight is 376 g/mol. The lowest BCUT2D eigenvalue weighted by Crippen LogP contribution is -2.51. The van der Waals surface area contributed by atoms with Gasteiger partial charge in [-0.05, 0) is 25.8 Å². The number of fused-ring (bicyclic) bond motifs is 1. The second-order valence-electron chi connectivity index (χ2n) is 7.26. The summed E-state index contributed by atoms with van der Waals surface area (Å²) >= 11 is 0. The molecule has 2 saturated heterocycles. The molecule has 140 valence electrons. The van der Waals surface area contributed by atoms with Gasteiger partial charge < -0.3 is 9.32 Å². The van der Waals surface area contributed by atoms with Crippen molar-refractivity contribution in [3.8, 4) is 0 Å². The van der Waals surface area contributed by atoms with Gasteiger partial charge in [0.25, 0.3) is 5.91 Å². The molecule has 1 aromatic heterocycles. The van der Waals surface area contributed by atoms with E-state index in [1.807, 2.05) is 36.1 Å². The minimum absolute atomic E-state index is 0.0432. The van der Waals surface area contributed by atoms with E-state index in [1.165, 1.54) is 0 Å². The number of nitrogens with zero attached hydrogens (tertiary/aromatic N) is 2. The minimum Gasteiger partial charge on any atom is -0.451 e. The summed E-state index contributed by atoms with van der Waals surface area (Å²) in [5.41, 5.74) is 1.65. The van der Waals surface area contributed by atoms with Crippen LogP contribution in [0.1, 0.15) is 29.0 Å². The quantitative estimate of drug-likeness (QED) is 0.803. The Hall–Kier alpha value is -1.86. The Morgan fingerprint density at radius 1 is 1.08 bits per heavy atom. The number of piperidine rings is 1. The lowest BCUT2D eigenvalue weighted by atomic mass is 10.0. The van der Waals surface area contributed by atoms with E-state index in [1.54, 1.807) is 0 Å². The molecule has 3 heterocycles. The Bertz CT molecular complexity index is 912. The predicted octanol–water partition coefficient (Wildman–Crippen LogP) is 2.08. The number of hydrogen-bond donors (Lipinski definition) is 0. The van der Waals surface area contributed by atoms with E-state index >= 15 is 0 Å². The minimum atomic E-state index is -2.85. The summed E-state index contributed by atoms with van der Waals surface area (Å²) in [5, 5.41) is 0.986. The first-order valence-corrected chi connectivity index (χ1v) is 11.0. The van der Waals surface area contributed by atoms with Crippen LogP contribution in [-0.2, 0) is 9.84 Å². The summed E-state index contributed by atoms with van der Waals surface area (Å²) in [6.07, 6.45) is 1.76. The Balaban J connectivity index is 1.41. The summed E-state index contributed by atoms with van der Waals surface area (Å²) in [4.78, 5) is 17.0. The number of likely N-dealkylation sites (tertiary alicyclic amines) is 1. The molecule has 0 atom stereocenters. The molecule has 1 aromatic carbocycles. The largest absolute Gasteiger partial charge is 0.451 e. The number of benzene rings is 1. The SMILES string of the molecule is Cc1c(C(=O)N2CCC(N3CCS(=O)(=O)CC3)CC2)oc2ccccc12. The zero-order valence-corrected chi connectivity index (χ0v) is 15.8. The van der Waals surface area contributed by atoms with E-state index in [-0.39, 0.29) is 17.4 Å². The molecule has 26 heavy (non-hydrogen) atoms. The fourth-order valence-corrected chi connectivity index (χ4v) is 5.28. The van der Waals surface area contributed by atoms with Crippen molar-refractivity contribution < 1.29 is 17.6 Å². The second-order valence-corrected chi connectivity index (χ2v) is 9.57. The lowest BCUT2D eigenvalue weighted by molar-refractivity contribution is 0.0601. The molecule has 0 N–H and O–H groups in total. The van der Waals surface area contributed by atoms with E-state index in [9.17, 15) is 13.2 Å². The number of rotatable bonds is 2. The molecule has 0 spiro atoms. The van der Waals surface area contributed by atoms with Crippen molar-refractivity contribution in [3.05, 3.63) is 35.6 Å². The average Bonchev–Trinajstić information content (AvgIpc) is 2.98. The van der Waals surface area contributed by atoms with Crippen LogP contribution >= 0.6 is 0 Å². The van der Waals surface area contributed by atoms with Crippen molar-refractivity contribution in [2.45, 2.75) is 25.8 Å². The molecular formula is C19H24N2O4S. The normalized spacial score (nSPS) is 22.0. The van der Waals surface area contributed by atoms with Crippen LogP contribution in [0.5, 0.6) is 0 Å². The summed E-state index contributed by atoms with van der Waals surface area (Å²) in [6.45, 7) is 4.53. The Kier molecular flexibility index (Phi) is 4.52. The van der Waals surface area contributed by atoms with Crippen LogP contribution in [0, 0.1) is 6.92 Å². The Labute approximate surface area is 153 Å². The molecule has 2 aliphatic rings. The van der Waals surface area contributed by atoms with Crippen LogP contribution < -0.4 is 0 Å². The fourth-order valence-electron chi connectivity index (χ4n) is 4.05. The molecule has 6 nitrogen and oxygen atoms in total. The summed E-state index contributed by atoms with van der Waals surface area (Å²) in [7, 11) is -2.85. The molecule has 2 aliphatic heterocycles. The van der Waals surface area contributed by atoms with Crippen molar-refractivity contribution in [2.75, 3.05) is 37.7 Å². The van der Waals surface area contributed by atoms with Gasteiger partial charge in [0.2, 0.25) is 0 Å². The first-order valence-electron chi connectivity index (χ1n) is 9.16. The maximum atomic E-state index is 12.9. The molecule has 2 fully saturated rings. The van der Waals surface area contributed by atoms with Crippen molar-refractivity contribution in [1.82, 2.24) is 9.80 Å². The monoisotopic (exact) mass is 376 g/mol. The third-order valence-corrected chi connectivity index (χ3v) is 7.29.